The second-order valence-electron chi connectivity index (χ2n) is 6.46. The van der Waals surface area contributed by atoms with Crippen LogP contribution in [0.3, 0.4) is 0 Å². The lowest BCUT2D eigenvalue weighted by molar-refractivity contribution is 0.155. The number of ether oxygens (including phenoxy) is 1. The van der Waals surface area contributed by atoms with Crippen LogP contribution < -0.4 is 10.0 Å². The minimum absolute atomic E-state index is 0.166. The third-order valence-corrected chi connectivity index (χ3v) is 5.08. The van der Waals surface area contributed by atoms with Gasteiger partial charge in [-0.15, -0.1) is 0 Å². The summed E-state index contributed by atoms with van der Waals surface area (Å²) in [6, 6.07) is 15.0. The fourth-order valence-corrected chi connectivity index (χ4v) is 3.98. The van der Waals surface area contributed by atoms with Gasteiger partial charge in [0, 0.05) is 11.7 Å². The predicted molar refractivity (Wildman–Crippen MR) is 100 cm³/mol. The van der Waals surface area contributed by atoms with Gasteiger partial charge in [-0.25, -0.2) is 17.9 Å². The number of aryl methyl sites for hydroxylation is 1. The van der Waals surface area contributed by atoms with Crippen molar-refractivity contribution in [3.05, 3.63) is 65.2 Å². The van der Waals surface area contributed by atoms with Crippen molar-refractivity contribution in [2.24, 2.45) is 0 Å². The van der Waals surface area contributed by atoms with Crippen LogP contribution in [0.25, 0.3) is 0 Å². The van der Waals surface area contributed by atoms with E-state index in [1.165, 1.54) is 0 Å². The van der Waals surface area contributed by atoms with E-state index in [1.54, 1.807) is 0 Å². The fraction of sp³-hybridized carbons (Fsp3) is 0.316. The molecule has 1 aliphatic carbocycles. The molecule has 1 amide bonds. The van der Waals surface area contributed by atoms with Gasteiger partial charge in [-0.1, -0.05) is 42.5 Å². The van der Waals surface area contributed by atoms with Gasteiger partial charge in [0.1, 0.15) is 6.61 Å². The molecule has 2 N–H and O–H groups in total. The van der Waals surface area contributed by atoms with Crippen molar-refractivity contribution >= 4 is 21.8 Å². The van der Waals surface area contributed by atoms with Crippen molar-refractivity contribution in [1.29, 1.82) is 0 Å². The Hall–Kier alpha value is -2.38. The summed E-state index contributed by atoms with van der Waals surface area (Å²) < 4.78 is 30.9. The molecule has 6 nitrogen and oxygen atoms in total. The molecule has 2 aromatic rings. The zero-order valence-corrected chi connectivity index (χ0v) is 15.4. The molecule has 0 saturated carbocycles. The van der Waals surface area contributed by atoms with Crippen molar-refractivity contribution in [3.63, 3.8) is 0 Å². The molecule has 0 aliphatic heterocycles. The van der Waals surface area contributed by atoms with E-state index < -0.39 is 16.1 Å². The summed E-state index contributed by atoms with van der Waals surface area (Å²) in [4.78, 5) is 12.1. The first-order valence-corrected chi connectivity index (χ1v) is 10.4. The third kappa shape index (κ3) is 5.06. The molecule has 138 valence electrons. The first-order chi connectivity index (χ1) is 12.4. The highest BCUT2D eigenvalue weighted by molar-refractivity contribution is 7.88. The molecule has 1 aliphatic rings. The summed E-state index contributed by atoms with van der Waals surface area (Å²) in [5, 5.41) is 2.79. The highest BCUT2D eigenvalue weighted by Gasteiger charge is 2.23. The maximum absolute atomic E-state index is 12.1. The molecular formula is C19H22N2O4S. The Bertz CT molecular complexity index is 882. The van der Waals surface area contributed by atoms with E-state index in [4.69, 9.17) is 4.74 Å². The number of rotatable bonds is 5. The van der Waals surface area contributed by atoms with Gasteiger partial charge < -0.3 is 4.74 Å². The minimum atomic E-state index is -3.26. The number of carbonyl (C=O) groups excluding carboxylic acids is 1. The van der Waals surface area contributed by atoms with Gasteiger partial charge in [-0.3, -0.25) is 5.32 Å². The Morgan fingerprint density at radius 2 is 1.92 bits per heavy atom. The molecule has 0 spiro atoms. The van der Waals surface area contributed by atoms with Crippen LogP contribution in [0.4, 0.5) is 10.5 Å². The highest BCUT2D eigenvalue weighted by atomic mass is 32.2. The number of sulfonamides is 1. The van der Waals surface area contributed by atoms with Crippen LogP contribution in [0.1, 0.15) is 23.1 Å². The molecule has 2 aromatic carbocycles. The summed E-state index contributed by atoms with van der Waals surface area (Å²) in [6.07, 6.45) is 2.67. The first kappa shape index (κ1) is 18.4. The SMILES string of the molecule is CS(=O)(=O)NC1CCc2cccc(NC(=O)OCc3ccccc3)c2C1. The Labute approximate surface area is 153 Å². The number of amides is 1. The lowest BCUT2D eigenvalue weighted by Crippen LogP contribution is -2.38. The topological polar surface area (TPSA) is 84.5 Å². The number of nitrogens with one attached hydrogen (secondary N) is 2. The molecule has 26 heavy (non-hydrogen) atoms. The zero-order valence-electron chi connectivity index (χ0n) is 14.6. The summed E-state index contributed by atoms with van der Waals surface area (Å²) in [5.41, 5.74) is 3.66. The van der Waals surface area contributed by atoms with E-state index in [0.29, 0.717) is 12.1 Å². The minimum Gasteiger partial charge on any atom is -0.444 e. The van der Waals surface area contributed by atoms with Crippen LogP contribution in [0.2, 0.25) is 0 Å². The van der Waals surface area contributed by atoms with E-state index in [-0.39, 0.29) is 12.6 Å². The van der Waals surface area contributed by atoms with E-state index in [2.05, 4.69) is 10.0 Å². The number of hydrogen-bond acceptors (Lipinski definition) is 4. The summed E-state index contributed by atoms with van der Waals surface area (Å²) in [7, 11) is -3.26. The van der Waals surface area contributed by atoms with Crippen LogP contribution in [0.5, 0.6) is 0 Å². The quantitative estimate of drug-likeness (QED) is 0.843. The number of benzene rings is 2. The summed E-state index contributed by atoms with van der Waals surface area (Å²) in [6.45, 7) is 0.194. The van der Waals surface area contributed by atoms with E-state index in [9.17, 15) is 13.2 Å². The van der Waals surface area contributed by atoms with Crippen LogP contribution >= 0.6 is 0 Å². The molecule has 1 atom stereocenters. The van der Waals surface area contributed by atoms with Gasteiger partial charge >= 0.3 is 6.09 Å². The lowest BCUT2D eigenvalue weighted by atomic mass is 9.87. The second-order valence-corrected chi connectivity index (χ2v) is 8.24. The van der Waals surface area contributed by atoms with Crippen molar-refractivity contribution in [2.75, 3.05) is 11.6 Å². The molecule has 7 heteroatoms. The van der Waals surface area contributed by atoms with Gasteiger partial charge in [0.15, 0.2) is 0 Å². The Balaban J connectivity index is 1.66. The van der Waals surface area contributed by atoms with Gasteiger partial charge in [0.05, 0.1) is 6.26 Å². The molecule has 1 unspecified atom stereocenters. The second kappa shape index (κ2) is 7.88. The first-order valence-electron chi connectivity index (χ1n) is 8.46. The van der Waals surface area contributed by atoms with Gasteiger partial charge in [-0.05, 0) is 42.0 Å². The molecular weight excluding hydrogens is 352 g/mol. The van der Waals surface area contributed by atoms with Crippen LogP contribution in [0, 0.1) is 0 Å². The molecule has 0 aromatic heterocycles. The monoisotopic (exact) mass is 374 g/mol. The third-order valence-electron chi connectivity index (χ3n) is 4.32. The molecule has 0 bridgehead atoms. The van der Waals surface area contributed by atoms with E-state index in [1.807, 2.05) is 48.5 Å². The maximum atomic E-state index is 12.1. The average molecular weight is 374 g/mol. The van der Waals surface area contributed by atoms with Crippen LogP contribution in [-0.2, 0) is 34.2 Å². The van der Waals surface area contributed by atoms with Crippen molar-refractivity contribution in [3.8, 4) is 0 Å². The van der Waals surface area contributed by atoms with E-state index >= 15 is 0 Å². The molecule has 0 radical (unpaired) electrons. The highest BCUT2D eigenvalue weighted by Crippen LogP contribution is 2.28. The van der Waals surface area contributed by atoms with Crippen molar-refractivity contribution in [2.45, 2.75) is 31.9 Å². The zero-order chi connectivity index (χ0) is 18.6. The lowest BCUT2D eigenvalue weighted by Gasteiger charge is -2.26. The smallest absolute Gasteiger partial charge is 0.411 e. The number of hydrogen-bond donors (Lipinski definition) is 2. The van der Waals surface area contributed by atoms with Gasteiger partial charge in [-0.2, -0.15) is 0 Å². The van der Waals surface area contributed by atoms with Gasteiger partial charge in [0.2, 0.25) is 10.0 Å². The Morgan fingerprint density at radius 3 is 2.65 bits per heavy atom. The number of anilines is 1. The largest absolute Gasteiger partial charge is 0.444 e. The van der Waals surface area contributed by atoms with Crippen LogP contribution in [-0.4, -0.2) is 26.8 Å². The Morgan fingerprint density at radius 1 is 1.15 bits per heavy atom. The van der Waals surface area contributed by atoms with Crippen LogP contribution in [0.15, 0.2) is 48.5 Å². The molecule has 3 rings (SSSR count). The Kier molecular flexibility index (Phi) is 5.58. The van der Waals surface area contributed by atoms with Gasteiger partial charge in [0.25, 0.3) is 0 Å². The maximum Gasteiger partial charge on any atom is 0.411 e. The fourth-order valence-electron chi connectivity index (χ4n) is 3.18. The van der Waals surface area contributed by atoms with Crippen molar-refractivity contribution < 1.29 is 17.9 Å². The number of fused-ring (bicyclic) bond motifs is 1. The average Bonchev–Trinajstić information content (AvgIpc) is 2.60. The normalized spacial score (nSPS) is 16.6. The molecule has 0 heterocycles. The molecule has 0 saturated heterocycles. The summed E-state index contributed by atoms with van der Waals surface area (Å²) in [5.74, 6) is 0. The molecule has 0 fully saturated rings. The summed E-state index contributed by atoms with van der Waals surface area (Å²) >= 11 is 0. The van der Waals surface area contributed by atoms with E-state index in [0.717, 1.165) is 35.8 Å². The standard InChI is InChI=1S/C19H22N2O4S/c1-26(23,24)21-16-11-10-15-8-5-9-18(17(15)12-16)20-19(22)25-13-14-6-3-2-4-7-14/h2-9,16,21H,10-13H2,1H3,(H,20,22). The number of carbonyl (C=O) groups is 1. The predicted octanol–water partition coefficient (Wildman–Crippen LogP) is 2.84. The van der Waals surface area contributed by atoms with Crippen molar-refractivity contribution in [1.82, 2.24) is 4.72 Å².